The number of carboxylic acids is 1. The van der Waals surface area contributed by atoms with Crippen molar-refractivity contribution in [3.63, 3.8) is 0 Å². The molecule has 1 heterocycles. The van der Waals surface area contributed by atoms with E-state index < -0.39 is 5.97 Å². The first kappa shape index (κ1) is 15.9. The summed E-state index contributed by atoms with van der Waals surface area (Å²) in [6, 6.07) is 2.91. The number of aliphatic carboxylic acids is 1. The summed E-state index contributed by atoms with van der Waals surface area (Å²) >= 11 is 0. The molecule has 1 aromatic heterocycles. The Morgan fingerprint density at radius 1 is 1.35 bits per heavy atom. The molecular weight excluding hydrogens is 260 g/mol. The average molecular weight is 280 g/mol. The molecular formula is C13H20N4O3. The summed E-state index contributed by atoms with van der Waals surface area (Å²) in [6.45, 7) is 1.50. The van der Waals surface area contributed by atoms with Gasteiger partial charge in [0, 0.05) is 6.54 Å². The minimum absolute atomic E-state index is 0.128. The number of hydrogen-bond donors (Lipinski definition) is 3. The van der Waals surface area contributed by atoms with Crippen LogP contribution in [0.25, 0.3) is 0 Å². The molecule has 0 bridgehead atoms. The summed E-state index contributed by atoms with van der Waals surface area (Å²) in [4.78, 5) is 28.1. The van der Waals surface area contributed by atoms with Gasteiger partial charge in [-0.15, -0.1) is 0 Å². The Labute approximate surface area is 118 Å². The van der Waals surface area contributed by atoms with Crippen molar-refractivity contribution in [1.82, 2.24) is 15.2 Å². The molecule has 2 amide bonds. The van der Waals surface area contributed by atoms with Gasteiger partial charge in [0.1, 0.15) is 0 Å². The molecule has 0 saturated heterocycles. The molecule has 0 fully saturated rings. The predicted molar refractivity (Wildman–Crippen MR) is 75.8 cm³/mol. The first-order valence-electron chi connectivity index (χ1n) is 6.33. The van der Waals surface area contributed by atoms with Gasteiger partial charge in [0.2, 0.25) is 0 Å². The summed E-state index contributed by atoms with van der Waals surface area (Å²) in [5.41, 5.74) is 0.985. The molecule has 0 saturated carbocycles. The van der Waals surface area contributed by atoms with Gasteiger partial charge >= 0.3 is 12.0 Å². The third kappa shape index (κ3) is 6.69. The zero-order valence-electron chi connectivity index (χ0n) is 11.7. The number of carbonyl (C=O) groups excluding carboxylic acids is 1. The van der Waals surface area contributed by atoms with Crippen LogP contribution in [0.3, 0.4) is 0 Å². The fourth-order valence-electron chi connectivity index (χ4n) is 1.53. The van der Waals surface area contributed by atoms with Gasteiger partial charge in [0.05, 0.1) is 24.0 Å². The van der Waals surface area contributed by atoms with Crippen LogP contribution in [0.1, 0.15) is 12.1 Å². The van der Waals surface area contributed by atoms with Crippen molar-refractivity contribution < 1.29 is 14.7 Å². The Morgan fingerprint density at radius 3 is 2.65 bits per heavy atom. The number of nitrogens with one attached hydrogen (secondary N) is 2. The highest BCUT2D eigenvalue weighted by Crippen LogP contribution is 2.06. The van der Waals surface area contributed by atoms with Crippen molar-refractivity contribution in [3.8, 4) is 0 Å². The smallest absolute Gasteiger partial charge is 0.319 e. The highest BCUT2D eigenvalue weighted by atomic mass is 16.4. The third-order valence-corrected chi connectivity index (χ3v) is 2.48. The minimum atomic E-state index is -0.933. The molecule has 0 atom stereocenters. The number of pyridine rings is 1. The number of carbonyl (C=O) groups is 2. The largest absolute Gasteiger partial charge is 0.481 e. The van der Waals surface area contributed by atoms with Crippen molar-refractivity contribution in [2.45, 2.75) is 12.8 Å². The second kappa shape index (κ2) is 8.11. The lowest BCUT2D eigenvalue weighted by Crippen LogP contribution is -2.31. The van der Waals surface area contributed by atoms with E-state index >= 15 is 0 Å². The van der Waals surface area contributed by atoms with E-state index in [0.29, 0.717) is 17.9 Å². The van der Waals surface area contributed by atoms with Crippen molar-refractivity contribution in [2.75, 3.05) is 32.5 Å². The molecule has 0 unspecified atom stereocenters. The van der Waals surface area contributed by atoms with Gasteiger partial charge in [-0.2, -0.15) is 0 Å². The molecule has 110 valence electrons. The number of aromatic nitrogens is 1. The van der Waals surface area contributed by atoms with Crippen LogP contribution in [-0.2, 0) is 11.2 Å². The van der Waals surface area contributed by atoms with E-state index in [1.807, 2.05) is 19.0 Å². The Balaban J connectivity index is 2.33. The number of rotatable bonds is 7. The fourth-order valence-corrected chi connectivity index (χ4v) is 1.53. The number of carboxylic acid groups (broad SMARTS) is 1. The molecule has 0 aliphatic rings. The van der Waals surface area contributed by atoms with Gasteiger partial charge in [-0.25, -0.2) is 4.79 Å². The first-order valence-corrected chi connectivity index (χ1v) is 6.33. The highest BCUT2D eigenvalue weighted by Gasteiger charge is 2.04. The van der Waals surface area contributed by atoms with Crippen LogP contribution in [0.5, 0.6) is 0 Å². The van der Waals surface area contributed by atoms with Crippen LogP contribution in [-0.4, -0.2) is 54.2 Å². The SMILES string of the molecule is CN(C)CCCNC(=O)Nc1ccc(CC(=O)O)nc1. The average Bonchev–Trinajstić information content (AvgIpc) is 2.36. The Morgan fingerprint density at radius 2 is 2.10 bits per heavy atom. The van der Waals surface area contributed by atoms with E-state index in [-0.39, 0.29) is 12.5 Å². The first-order chi connectivity index (χ1) is 9.47. The molecule has 0 aromatic carbocycles. The van der Waals surface area contributed by atoms with Crippen LogP contribution in [0, 0.1) is 0 Å². The van der Waals surface area contributed by atoms with Crippen molar-refractivity contribution in [1.29, 1.82) is 0 Å². The van der Waals surface area contributed by atoms with E-state index in [1.54, 1.807) is 12.1 Å². The van der Waals surface area contributed by atoms with E-state index in [1.165, 1.54) is 6.20 Å². The summed E-state index contributed by atoms with van der Waals surface area (Å²) in [7, 11) is 3.95. The monoisotopic (exact) mass is 280 g/mol. The second-order valence-corrected chi connectivity index (χ2v) is 4.65. The molecule has 0 spiro atoms. The van der Waals surface area contributed by atoms with Crippen molar-refractivity contribution in [3.05, 3.63) is 24.0 Å². The number of amides is 2. The maximum atomic E-state index is 11.6. The number of anilines is 1. The zero-order valence-corrected chi connectivity index (χ0v) is 11.7. The van der Waals surface area contributed by atoms with Crippen molar-refractivity contribution in [2.24, 2.45) is 0 Å². The van der Waals surface area contributed by atoms with Gasteiger partial charge in [-0.3, -0.25) is 9.78 Å². The van der Waals surface area contributed by atoms with Crippen LogP contribution in [0.4, 0.5) is 10.5 Å². The van der Waals surface area contributed by atoms with Gasteiger partial charge in [0.15, 0.2) is 0 Å². The fraction of sp³-hybridized carbons (Fsp3) is 0.462. The van der Waals surface area contributed by atoms with E-state index in [4.69, 9.17) is 5.11 Å². The molecule has 20 heavy (non-hydrogen) atoms. The van der Waals surface area contributed by atoms with Crippen molar-refractivity contribution >= 4 is 17.7 Å². The lowest BCUT2D eigenvalue weighted by atomic mass is 10.2. The van der Waals surface area contributed by atoms with E-state index in [2.05, 4.69) is 15.6 Å². The maximum Gasteiger partial charge on any atom is 0.319 e. The van der Waals surface area contributed by atoms with Crippen LogP contribution >= 0.6 is 0 Å². The summed E-state index contributed by atoms with van der Waals surface area (Å²) < 4.78 is 0. The van der Waals surface area contributed by atoms with Gasteiger partial charge < -0.3 is 20.6 Å². The maximum absolute atomic E-state index is 11.6. The third-order valence-electron chi connectivity index (χ3n) is 2.48. The summed E-state index contributed by atoms with van der Waals surface area (Å²) in [5.74, 6) is -0.933. The lowest BCUT2D eigenvalue weighted by Gasteiger charge is -2.10. The zero-order chi connectivity index (χ0) is 15.0. The predicted octanol–water partition coefficient (Wildman–Crippen LogP) is 0.782. The Bertz CT molecular complexity index is 445. The molecule has 0 aliphatic carbocycles. The van der Waals surface area contributed by atoms with Crippen LogP contribution in [0.2, 0.25) is 0 Å². The molecule has 0 aliphatic heterocycles. The molecule has 1 aromatic rings. The van der Waals surface area contributed by atoms with Crippen LogP contribution in [0.15, 0.2) is 18.3 Å². The molecule has 7 nitrogen and oxygen atoms in total. The van der Waals surface area contributed by atoms with Gasteiger partial charge in [-0.05, 0) is 39.2 Å². The second-order valence-electron chi connectivity index (χ2n) is 4.65. The highest BCUT2D eigenvalue weighted by molar-refractivity contribution is 5.88. The van der Waals surface area contributed by atoms with Gasteiger partial charge in [0.25, 0.3) is 0 Å². The molecule has 7 heteroatoms. The summed E-state index contributed by atoms with van der Waals surface area (Å²) in [5, 5.41) is 14.0. The van der Waals surface area contributed by atoms with E-state index in [0.717, 1.165) is 13.0 Å². The Kier molecular flexibility index (Phi) is 6.45. The molecule has 3 N–H and O–H groups in total. The lowest BCUT2D eigenvalue weighted by molar-refractivity contribution is -0.136. The number of nitrogens with zero attached hydrogens (tertiary/aromatic N) is 2. The van der Waals surface area contributed by atoms with Gasteiger partial charge in [-0.1, -0.05) is 0 Å². The normalized spacial score (nSPS) is 10.3. The molecule has 1 rings (SSSR count). The quantitative estimate of drug-likeness (QED) is 0.642. The molecule has 0 radical (unpaired) electrons. The van der Waals surface area contributed by atoms with E-state index in [9.17, 15) is 9.59 Å². The Hall–Kier alpha value is -2.15. The standard InChI is InChI=1S/C13H20N4O3/c1-17(2)7-3-6-14-13(20)16-11-5-4-10(15-9-11)8-12(18)19/h4-5,9H,3,6-8H2,1-2H3,(H,18,19)(H2,14,16,20). The minimum Gasteiger partial charge on any atom is -0.481 e. The summed E-state index contributed by atoms with van der Waals surface area (Å²) in [6.07, 6.45) is 2.19. The topological polar surface area (TPSA) is 94.6 Å². The number of urea groups is 1. The number of hydrogen-bond acceptors (Lipinski definition) is 4. The van der Waals surface area contributed by atoms with Crippen LogP contribution < -0.4 is 10.6 Å².